The molecular formula is C28H29F3N4O3. The number of carbonyl (C=O) groups excluding carboxylic acids is 2. The Labute approximate surface area is 218 Å². The number of nitrogens with zero attached hydrogens (tertiary/aromatic N) is 3. The highest BCUT2D eigenvalue weighted by molar-refractivity contribution is 5.98. The molecule has 0 unspecified atom stereocenters. The second-order valence-corrected chi connectivity index (χ2v) is 8.92. The lowest BCUT2D eigenvalue weighted by molar-refractivity contribution is -0.199. The van der Waals surface area contributed by atoms with E-state index in [2.05, 4.69) is 35.1 Å². The number of nitrogens with one attached hydrogen (secondary N) is 1. The van der Waals surface area contributed by atoms with Gasteiger partial charge >= 0.3 is 12.1 Å². The van der Waals surface area contributed by atoms with E-state index in [1.165, 1.54) is 12.3 Å². The summed E-state index contributed by atoms with van der Waals surface area (Å²) in [6, 6.07) is 12.7. The summed E-state index contributed by atoms with van der Waals surface area (Å²) < 4.78 is 39.8. The number of alkyl halides is 3. The molecule has 0 saturated carbocycles. The van der Waals surface area contributed by atoms with E-state index in [9.17, 15) is 22.8 Å². The number of pyridine rings is 1. The Hall–Kier alpha value is -4.08. The lowest BCUT2D eigenvalue weighted by atomic mass is 10.1. The molecule has 0 atom stereocenters. The number of fused-ring (bicyclic) bond motifs is 1. The van der Waals surface area contributed by atoms with Gasteiger partial charge in [0.1, 0.15) is 0 Å². The van der Waals surface area contributed by atoms with Crippen LogP contribution in [0.1, 0.15) is 54.0 Å². The van der Waals surface area contributed by atoms with Crippen molar-refractivity contribution in [2.75, 3.05) is 24.5 Å². The molecule has 38 heavy (non-hydrogen) atoms. The van der Waals surface area contributed by atoms with Gasteiger partial charge in [0, 0.05) is 43.5 Å². The first-order valence-corrected chi connectivity index (χ1v) is 12.5. The molecule has 200 valence electrons. The van der Waals surface area contributed by atoms with Crippen LogP contribution in [0.2, 0.25) is 0 Å². The molecule has 0 bridgehead atoms. The van der Waals surface area contributed by atoms with E-state index >= 15 is 0 Å². The molecule has 1 aromatic carbocycles. The van der Waals surface area contributed by atoms with E-state index in [-0.39, 0.29) is 29.9 Å². The van der Waals surface area contributed by atoms with Crippen LogP contribution in [0.5, 0.6) is 0 Å². The number of aromatic nitrogens is 2. The predicted molar refractivity (Wildman–Crippen MR) is 140 cm³/mol. The third-order valence-corrected chi connectivity index (χ3v) is 6.13. The van der Waals surface area contributed by atoms with Crippen molar-refractivity contribution >= 4 is 29.7 Å². The summed E-state index contributed by atoms with van der Waals surface area (Å²) in [5, 5.41) is 2.65. The topological polar surface area (TPSA) is 76.5 Å². The third kappa shape index (κ3) is 5.90. The van der Waals surface area contributed by atoms with Gasteiger partial charge in [-0.05, 0) is 48.7 Å². The summed E-state index contributed by atoms with van der Waals surface area (Å²) in [5.74, 6) is -2.80. The summed E-state index contributed by atoms with van der Waals surface area (Å²) in [7, 11) is 0. The van der Waals surface area contributed by atoms with Crippen molar-refractivity contribution in [1.29, 1.82) is 0 Å². The number of rotatable bonds is 9. The zero-order valence-electron chi connectivity index (χ0n) is 21.2. The summed E-state index contributed by atoms with van der Waals surface area (Å²) in [6.07, 6.45) is 2.34. The van der Waals surface area contributed by atoms with Gasteiger partial charge in [-0.15, -0.1) is 0 Å². The maximum absolute atomic E-state index is 13.0. The predicted octanol–water partition coefficient (Wildman–Crippen LogP) is 5.15. The van der Waals surface area contributed by atoms with E-state index in [1.54, 1.807) is 12.1 Å². The van der Waals surface area contributed by atoms with Crippen LogP contribution in [0.25, 0.3) is 23.4 Å². The molecule has 7 nitrogen and oxygen atoms in total. The smallest absolute Gasteiger partial charge is 0.371 e. The molecule has 1 amide bonds. The van der Waals surface area contributed by atoms with Crippen LogP contribution in [0.15, 0.2) is 48.7 Å². The van der Waals surface area contributed by atoms with E-state index in [4.69, 9.17) is 4.84 Å². The van der Waals surface area contributed by atoms with E-state index in [0.717, 1.165) is 41.9 Å². The Bertz CT molecular complexity index is 1340. The lowest BCUT2D eigenvalue weighted by Gasteiger charge is -2.25. The molecule has 0 saturated heterocycles. The fourth-order valence-electron chi connectivity index (χ4n) is 4.48. The molecule has 1 aliphatic rings. The summed E-state index contributed by atoms with van der Waals surface area (Å²) in [4.78, 5) is 35.5. The van der Waals surface area contributed by atoms with Crippen LogP contribution < -0.4 is 15.1 Å². The molecule has 10 heteroatoms. The van der Waals surface area contributed by atoms with Gasteiger partial charge in [-0.2, -0.15) is 17.9 Å². The Balaban J connectivity index is 1.70. The Morgan fingerprint density at radius 2 is 1.87 bits per heavy atom. The van der Waals surface area contributed by atoms with Crippen LogP contribution in [0.4, 0.5) is 18.9 Å². The van der Waals surface area contributed by atoms with Gasteiger partial charge in [0.2, 0.25) is 0 Å². The first kappa shape index (κ1) is 27.0. The first-order valence-electron chi connectivity index (χ1n) is 12.5. The maximum Gasteiger partial charge on any atom is 0.493 e. The minimum atomic E-state index is -5.19. The molecule has 4 rings (SSSR count). The third-order valence-electron chi connectivity index (χ3n) is 6.13. The van der Waals surface area contributed by atoms with Crippen molar-refractivity contribution < 1.29 is 27.6 Å². The van der Waals surface area contributed by atoms with Gasteiger partial charge < -0.3 is 15.1 Å². The maximum atomic E-state index is 13.0. The van der Waals surface area contributed by atoms with Gasteiger partial charge in [0.05, 0.1) is 22.6 Å². The van der Waals surface area contributed by atoms with Gasteiger partial charge in [0.25, 0.3) is 5.91 Å². The van der Waals surface area contributed by atoms with Crippen molar-refractivity contribution in [2.24, 2.45) is 0 Å². The Morgan fingerprint density at radius 3 is 2.58 bits per heavy atom. The molecule has 2 aromatic heterocycles. The standard InChI is InChI=1S/C28H29F3N4O3/c1-3-15-34(16-4-2)23-8-6-5-7-19(23)9-10-21-17-20(11-13-32-21)25-18-22-24(12-14-33-26(22)36)35(25)38-27(37)28(29,30)31/h5-11,13,17-18H,3-4,12,14-16H2,1-2H3,(H,33,36). The summed E-state index contributed by atoms with van der Waals surface area (Å²) >= 11 is 0. The number of halogens is 3. The molecule has 0 aliphatic carbocycles. The highest BCUT2D eigenvalue weighted by Gasteiger charge is 2.43. The zero-order chi connectivity index (χ0) is 27.3. The molecule has 0 radical (unpaired) electrons. The normalized spacial score (nSPS) is 13.3. The molecular weight excluding hydrogens is 497 g/mol. The number of benzene rings is 1. The van der Waals surface area contributed by atoms with Crippen LogP contribution >= 0.6 is 0 Å². The summed E-state index contributed by atoms with van der Waals surface area (Å²) in [5.41, 5.74) is 3.63. The van der Waals surface area contributed by atoms with Crippen LogP contribution in [0.3, 0.4) is 0 Å². The largest absolute Gasteiger partial charge is 0.493 e. The van der Waals surface area contributed by atoms with Crippen molar-refractivity contribution in [2.45, 2.75) is 39.3 Å². The number of amides is 1. The van der Waals surface area contributed by atoms with E-state index in [1.807, 2.05) is 30.4 Å². The molecule has 1 N–H and O–H groups in total. The SMILES string of the molecule is CCCN(CCC)c1ccccc1C=Cc1cc(-c2cc3c(n2OC(=O)C(F)(F)F)CCNC3=O)ccn1. The van der Waals surface area contributed by atoms with Crippen molar-refractivity contribution in [3.05, 3.63) is 71.2 Å². The van der Waals surface area contributed by atoms with E-state index in [0.29, 0.717) is 11.3 Å². The van der Waals surface area contributed by atoms with Crippen molar-refractivity contribution in [3.8, 4) is 11.3 Å². The summed E-state index contributed by atoms with van der Waals surface area (Å²) in [6.45, 7) is 6.35. The number of anilines is 1. The molecule has 1 aliphatic heterocycles. The lowest BCUT2D eigenvalue weighted by Crippen LogP contribution is -2.37. The zero-order valence-corrected chi connectivity index (χ0v) is 21.2. The van der Waals surface area contributed by atoms with Gasteiger partial charge in [-0.3, -0.25) is 9.78 Å². The minimum Gasteiger partial charge on any atom is -0.371 e. The highest BCUT2D eigenvalue weighted by Crippen LogP contribution is 2.29. The quantitative estimate of drug-likeness (QED) is 0.417. The average Bonchev–Trinajstić information content (AvgIpc) is 3.27. The number of hydrogen-bond donors (Lipinski definition) is 1. The van der Waals surface area contributed by atoms with E-state index < -0.39 is 18.1 Å². The molecule has 3 heterocycles. The highest BCUT2D eigenvalue weighted by atomic mass is 19.4. The van der Waals surface area contributed by atoms with Gasteiger partial charge in [-0.25, -0.2) is 4.79 Å². The fraction of sp³-hybridized carbons (Fsp3) is 0.321. The number of hydrogen-bond acceptors (Lipinski definition) is 5. The molecule has 0 spiro atoms. The first-order chi connectivity index (χ1) is 18.2. The molecule has 3 aromatic rings. The van der Waals surface area contributed by atoms with Gasteiger partial charge in [0.15, 0.2) is 0 Å². The second kappa shape index (κ2) is 11.5. The van der Waals surface area contributed by atoms with Crippen molar-refractivity contribution in [1.82, 2.24) is 15.0 Å². The monoisotopic (exact) mass is 526 g/mol. The van der Waals surface area contributed by atoms with Crippen LogP contribution in [-0.4, -0.2) is 47.4 Å². The molecule has 0 fully saturated rings. The van der Waals surface area contributed by atoms with Crippen LogP contribution in [0, 0.1) is 0 Å². The Morgan fingerprint density at radius 1 is 1.13 bits per heavy atom. The van der Waals surface area contributed by atoms with Gasteiger partial charge in [-0.1, -0.05) is 38.1 Å². The number of para-hydroxylation sites is 1. The minimum absolute atomic E-state index is 0.152. The average molecular weight is 527 g/mol. The van der Waals surface area contributed by atoms with Crippen molar-refractivity contribution in [3.63, 3.8) is 0 Å². The fourth-order valence-corrected chi connectivity index (χ4v) is 4.48. The second-order valence-electron chi connectivity index (χ2n) is 8.92. The Kier molecular flexibility index (Phi) is 8.19. The number of carbonyl (C=O) groups is 2. The van der Waals surface area contributed by atoms with Crippen LogP contribution in [-0.2, 0) is 11.2 Å².